The molecule has 112 valence electrons. The van der Waals surface area contributed by atoms with E-state index in [1.165, 1.54) is 17.7 Å². The van der Waals surface area contributed by atoms with E-state index in [0.717, 1.165) is 18.2 Å². The number of carbonyl (C=O) groups is 1. The minimum absolute atomic E-state index is 0.230. The highest BCUT2D eigenvalue weighted by Crippen LogP contribution is 2.33. The van der Waals surface area contributed by atoms with Crippen LogP contribution in [0.1, 0.15) is 28.1 Å². The molecule has 2 aromatic rings. The summed E-state index contributed by atoms with van der Waals surface area (Å²) in [6.45, 7) is 1.78. The van der Waals surface area contributed by atoms with Crippen LogP contribution in [0.25, 0.3) is 10.2 Å². The molecule has 2 aromatic heterocycles. The molecule has 2 N–H and O–H groups in total. The van der Waals surface area contributed by atoms with Gasteiger partial charge in [-0.2, -0.15) is 0 Å². The number of anilines is 1. The van der Waals surface area contributed by atoms with E-state index >= 15 is 0 Å². The Morgan fingerprint density at radius 3 is 2.81 bits per heavy atom. The van der Waals surface area contributed by atoms with Gasteiger partial charge < -0.3 is 10.4 Å². The van der Waals surface area contributed by atoms with Crippen LogP contribution in [-0.2, 0) is 10.8 Å². The van der Waals surface area contributed by atoms with Crippen LogP contribution in [0.3, 0.4) is 0 Å². The molecule has 3 rings (SSSR count). The monoisotopic (exact) mass is 325 g/mol. The van der Waals surface area contributed by atoms with Crippen LogP contribution in [0.5, 0.6) is 0 Å². The molecule has 0 radical (unpaired) electrons. The molecule has 0 spiro atoms. The van der Waals surface area contributed by atoms with E-state index in [-0.39, 0.29) is 6.04 Å². The van der Waals surface area contributed by atoms with E-state index in [4.69, 9.17) is 0 Å². The average molecular weight is 325 g/mol. The van der Waals surface area contributed by atoms with Crippen molar-refractivity contribution >= 4 is 44.1 Å². The third-order valence-electron chi connectivity index (χ3n) is 3.65. The fourth-order valence-electron chi connectivity index (χ4n) is 2.52. The van der Waals surface area contributed by atoms with E-state index in [0.29, 0.717) is 32.6 Å². The summed E-state index contributed by atoms with van der Waals surface area (Å²) in [5, 5.41) is 13.4. The molecule has 1 fully saturated rings. The normalized spacial score (nSPS) is 22.3. The SMILES string of the molecule is Cc1c(C(=O)O)sc2ncnc(NC3CCS(=O)CC3)c12. The van der Waals surface area contributed by atoms with Crippen molar-refractivity contribution in [1.29, 1.82) is 0 Å². The van der Waals surface area contributed by atoms with E-state index < -0.39 is 16.8 Å². The number of aromatic carboxylic acids is 1. The molecular weight excluding hydrogens is 310 g/mol. The first-order valence-electron chi connectivity index (χ1n) is 6.65. The summed E-state index contributed by atoms with van der Waals surface area (Å²) in [5.74, 6) is 1.15. The first-order chi connectivity index (χ1) is 10.1. The minimum atomic E-state index is -0.936. The Labute approximate surface area is 128 Å². The molecule has 8 heteroatoms. The number of carboxylic acid groups (broad SMARTS) is 1. The van der Waals surface area contributed by atoms with Crippen LogP contribution < -0.4 is 5.32 Å². The predicted octanol–water partition coefficient (Wildman–Crippen LogP) is 2.02. The van der Waals surface area contributed by atoms with Crippen LogP contribution in [-0.4, -0.2) is 42.8 Å². The fraction of sp³-hybridized carbons (Fsp3) is 0.462. The van der Waals surface area contributed by atoms with Crippen LogP contribution in [0, 0.1) is 6.92 Å². The largest absolute Gasteiger partial charge is 0.477 e. The van der Waals surface area contributed by atoms with Gasteiger partial charge in [0, 0.05) is 28.3 Å². The zero-order chi connectivity index (χ0) is 15.0. The number of thiophene rings is 1. The summed E-state index contributed by atoms with van der Waals surface area (Å²) in [7, 11) is -0.701. The summed E-state index contributed by atoms with van der Waals surface area (Å²) >= 11 is 1.17. The second-order valence-corrected chi connectivity index (χ2v) is 7.73. The van der Waals surface area contributed by atoms with E-state index in [2.05, 4.69) is 15.3 Å². The number of hydrogen-bond acceptors (Lipinski definition) is 6. The van der Waals surface area contributed by atoms with Crippen molar-refractivity contribution in [2.45, 2.75) is 25.8 Å². The maximum absolute atomic E-state index is 11.4. The number of aromatic nitrogens is 2. The molecule has 1 aliphatic rings. The number of aryl methyl sites for hydroxylation is 1. The number of nitrogens with zero attached hydrogens (tertiary/aromatic N) is 2. The third-order valence-corrected chi connectivity index (χ3v) is 6.22. The van der Waals surface area contributed by atoms with Crippen LogP contribution >= 0.6 is 11.3 Å². The van der Waals surface area contributed by atoms with Gasteiger partial charge in [0.2, 0.25) is 0 Å². The zero-order valence-corrected chi connectivity index (χ0v) is 13.1. The van der Waals surface area contributed by atoms with Gasteiger partial charge in [-0.3, -0.25) is 4.21 Å². The molecule has 0 bridgehead atoms. The highest BCUT2D eigenvalue weighted by molar-refractivity contribution is 7.85. The number of carboxylic acids is 1. The molecule has 0 unspecified atom stereocenters. The van der Waals surface area contributed by atoms with Gasteiger partial charge in [-0.25, -0.2) is 14.8 Å². The maximum atomic E-state index is 11.4. The molecular formula is C13H15N3O3S2. The van der Waals surface area contributed by atoms with Gasteiger partial charge in [-0.05, 0) is 25.3 Å². The Balaban J connectivity index is 1.95. The summed E-state index contributed by atoms with van der Waals surface area (Å²) in [4.78, 5) is 20.7. The molecule has 3 heterocycles. The third kappa shape index (κ3) is 2.77. The van der Waals surface area contributed by atoms with Gasteiger partial charge >= 0.3 is 5.97 Å². The topological polar surface area (TPSA) is 92.2 Å². The van der Waals surface area contributed by atoms with Gasteiger partial charge in [0.1, 0.15) is 21.9 Å². The molecule has 0 aromatic carbocycles. The van der Waals surface area contributed by atoms with Gasteiger partial charge in [-0.15, -0.1) is 11.3 Å². The van der Waals surface area contributed by atoms with Crippen molar-refractivity contribution in [3.63, 3.8) is 0 Å². The lowest BCUT2D eigenvalue weighted by Gasteiger charge is -2.23. The van der Waals surface area contributed by atoms with Crippen molar-refractivity contribution in [2.75, 3.05) is 16.8 Å². The first-order valence-corrected chi connectivity index (χ1v) is 8.95. The smallest absolute Gasteiger partial charge is 0.346 e. The Morgan fingerprint density at radius 2 is 2.14 bits per heavy atom. The molecule has 1 saturated heterocycles. The number of nitrogens with one attached hydrogen (secondary N) is 1. The molecule has 21 heavy (non-hydrogen) atoms. The van der Waals surface area contributed by atoms with Crippen molar-refractivity contribution in [3.05, 3.63) is 16.8 Å². The number of fused-ring (bicyclic) bond motifs is 1. The van der Waals surface area contributed by atoms with E-state index in [1.807, 2.05) is 0 Å². The molecule has 6 nitrogen and oxygen atoms in total. The van der Waals surface area contributed by atoms with Crippen molar-refractivity contribution in [1.82, 2.24) is 9.97 Å². The molecule has 0 aliphatic carbocycles. The highest BCUT2D eigenvalue weighted by Gasteiger charge is 2.22. The van der Waals surface area contributed by atoms with Gasteiger partial charge in [-0.1, -0.05) is 0 Å². The van der Waals surface area contributed by atoms with Gasteiger partial charge in [0.05, 0.1) is 5.39 Å². The minimum Gasteiger partial charge on any atom is -0.477 e. The highest BCUT2D eigenvalue weighted by atomic mass is 32.2. The molecule has 0 amide bonds. The average Bonchev–Trinajstić information content (AvgIpc) is 2.80. The second kappa shape index (κ2) is 5.69. The lowest BCUT2D eigenvalue weighted by Crippen LogP contribution is -2.29. The zero-order valence-electron chi connectivity index (χ0n) is 11.5. The summed E-state index contributed by atoms with van der Waals surface area (Å²) in [6, 6.07) is 0.230. The predicted molar refractivity (Wildman–Crippen MR) is 83.6 cm³/mol. The second-order valence-electron chi connectivity index (χ2n) is 5.03. The Morgan fingerprint density at radius 1 is 1.43 bits per heavy atom. The van der Waals surface area contributed by atoms with Crippen LogP contribution in [0.2, 0.25) is 0 Å². The number of rotatable bonds is 3. The standard InChI is InChI=1S/C13H15N3O3S2/c1-7-9-11(16-8-2-4-21(19)5-3-8)14-6-15-12(9)20-10(7)13(17)18/h6,8H,2-5H2,1H3,(H,17,18)(H,14,15,16). The van der Waals surface area contributed by atoms with Gasteiger partial charge in [0.15, 0.2) is 0 Å². The fourth-order valence-corrected chi connectivity index (χ4v) is 4.80. The summed E-state index contributed by atoms with van der Waals surface area (Å²) in [6.07, 6.45) is 3.13. The molecule has 0 saturated carbocycles. The maximum Gasteiger partial charge on any atom is 0.346 e. The Hall–Kier alpha value is -1.54. The Kier molecular flexibility index (Phi) is 3.90. The van der Waals surface area contributed by atoms with E-state index in [1.54, 1.807) is 6.92 Å². The van der Waals surface area contributed by atoms with E-state index in [9.17, 15) is 14.1 Å². The molecule has 0 atom stereocenters. The lowest BCUT2D eigenvalue weighted by molar-refractivity contribution is 0.0701. The van der Waals surface area contributed by atoms with Crippen molar-refractivity contribution < 1.29 is 14.1 Å². The summed E-state index contributed by atoms with van der Waals surface area (Å²) < 4.78 is 11.4. The van der Waals surface area contributed by atoms with Crippen molar-refractivity contribution in [3.8, 4) is 0 Å². The quantitative estimate of drug-likeness (QED) is 0.897. The van der Waals surface area contributed by atoms with Gasteiger partial charge in [0.25, 0.3) is 0 Å². The Bertz CT molecular complexity index is 719. The van der Waals surface area contributed by atoms with Crippen LogP contribution in [0.4, 0.5) is 5.82 Å². The number of hydrogen-bond donors (Lipinski definition) is 2. The summed E-state index contributed by atoms with van der Waals surface area (Å²) in [5.41, 5.74) is 0.699. The van der Waals surface area contributed by atoms with Crippen molar-refractivity contribution in [2.24, 2.45) is 0 Å². The van der Waals surface area contributed by atoms with Crippen LogP contribution in [0.15, 0.2) is 6.33 Å². The first kappa shape index (κ1) is 14.4. The lowest BCUT2D eigenvalue weighted by atomic mass is 10.1. The molecule has 1 aliphatic heterocycles.